The topological polar surface area (TPSA) is 71.2 Å². The molecule has 0 amide bonds. The Morgan fingerprint density at radius 2 is 2.33 bits per heavy atom. The second-order valence-corrected chi connectivity index (χ2v) is 6.43. The highest BCUT2D eigenvalue weighted by atomic mass is 16.4. The minimum absolute atomic E-state index is 0.280. The molecule has 0 aromatic carbocycles. The largest absolute Gasteiger partial charge is 0.481 e. The van der Waals surface area contributed by atoms with Crippen molar-refractivity contribution < 1.29 is 9.90 Å². The van der Waals surface area contributed by atoms with E-state index in [1.165, 1.54) is 0 Å². The van der Waals surface area contributed by atoms with E-state index in [1.807, 2.05) is 4.68 Å². The summed E-state index contributed by atoms with van der Waals surface area (Å²) in [5, 5.41) is 13.1. The third kappa shape index (κ3) is 5.12. The number of aromatic nitrogens is 3. The van der Waals surface area contributed by atoms with Crippen molar-refractivity contribution in [1.29, 1.82) is 0 Å². The van der Waals surface area contributed by atoms with Crippen molar-refractivity contribution in [1.82, 2.24) is 19.7 Å². The van der Waals surface area contributed by atoms with Crippen LogP contribution in [0.15, 0.2) is 6.33 Å². The van der Waals surface area contributed by atoms with E-state index in [0.29, 0.717) is 11.8 Å². The average molecular weight is 294 g/mol. The van der Waals surface area contributed by atoms with Crippen molar-refractivity contribution in [2.75, 3.05) is 13.1 Å². The Morgan fingerprint density at radius 3 is 3.05 bits per heavy atom. The average Bonchev–Trinajstić information content (AvgIpc) is 2.83. The SMILES string of the molecule is CC(C)Cn1ncnc1CN1CCCC(CCC(=O)O)C1. The van der Waals surface area contributed by atoms with Crippen LogP contribution in [0.2, 0.25) is 0 Å². The van der Waals surface area contributed by atoms with Crippen LogP contribution in [0.25, 0.3) is 0 Å². The van der Waals surface area contributed by atoms with Crippen LogP contribution in [-0.2, 0) is 17.9 Å². The summed E-state index contributed by atoms with van der Waals surface area (Å²) in [7, 11) is 0. The maximum atomic E-state index is 10.7. The van der Waals surface area contributed by atoms with E-state index >= 15 is 0 Å². The first-order valence-corrected chi connectivity index (χ1v) is 7.85. The van der Waals surface area contributed by atoms with E-state index in [1.54, 1.807) is 6.33 Å². The van der Waals surface area contributed by atoms with Crippen molar-refractivity contribution in [3.63, 3.8) is 0 Å². The first-order valence-electron chi connectivity index (χ1n) is 7.85. The summed E-state index contributed by atoms with van der Waals surface area (Å²) >= 11 is 0. The lowest BCUT2D eigenvalue weighted by Crippen LogP contribution is -2.36. The van der Waals surface area contributed by atoms with Crippen LogP contribution in [0.5, 0.6) is 0 Å². The zero-order valence-corrected chi connectivity index (χ0v) is 13.0. The summed E-state index contributed by atoms with van der Waals surface area (Å²) in [4.78, 5) is 17.5. The van der Waals surface area contributed by atoms with Crippen LogP contribution in [0.1, 0.15) is 45.4 Å². The molecule has 118 valence electrons. The molecule has 6 heteroatoms. The van der Waals surface area contributed by atoms with Crippen LogP contribution in [0, 0.1) is 11.8 Å². The number of carbonyl (C=O) groups is 1. The van der Waals surface area contributed by atoms with Gasteiger partial charge in [-0.15, -0.1) is 0 Å². The fourth-order valence-corrected chi connectivity index (χ4v) is 2.97. The Kier molecular flexibility index (Phi) is 5.73. The molecule has 1 aliphatic heterocycles. The Hall–Kier alpha value is -1.43. The number of hydrogen-bond acceptors (Lipinski definition) is 4. The van der Waals surface area contributed by atoms with Gasteiger partial charge in [0.25, 0.3) is 0 Å². The van der Waals surface area contributed by atoms with Crippen LogP contribution < -0.4 is 0 Å². The van der Waals surface area contributed by atoms with Crippen LogP contribution >= 0.6 is 0 Å². The van der Waals surface area contributed by atoms with E-state index in [9.17, 15) is 4.79 Å². The number of hydrogen-bond donors (Lipinski definition) is 1. The maximum absolute atomic E-state index is 10.7. The molecule has 0 saturated carbocycles. The van der Waals surface area contributed by atoms with Gasteiger partial charge in [0.1, 0.15) is 12.2 Å². The zero-order chi connectivity index (χ0) is 15.2. The number of piperidine rings is 1. The summed E-state index contributed by atoms with van der Waals surface area (Å²) < 4.78 is 1.99. The Labute approximate surface area is 126 Å². The first-order chi connectivity index (χ1) is 10.0. The molecule has 1 unspecified atom stereocenters. The van der Waals surface area contributed by atoms with Crippen molar-refractivity contribution >= 4 is 5.97 Å². The fraction of sp³-hybridized carbons (Fsp3) is 0.800. The summed E-state index contributed by atoms with van der Waals surface area (Å²) in [5.41, 5.74) is 0. The lowest BCUT2D eigenvalue weighted by molar-refractivity contribution is -0.137. The van der Waals surface area contributed by atoms with Crippen molar-refractivity contribution in [3.8, 4) is 0 Å². The standard InChI is InChI=1S/C15H26N4O2/c1-12(2)8-19-14(16-11-17-19)10-18-7-3-4-13(9-18)5-6-15(20)21/h11-13H,3-10H2,1-2H3,(H,20,21). The number of likely N-dealkylation sites (tertiary alicyclic amines) is 1. The minimum Gasteiger partial charge on any atom is -0.481 e. The van der Waals surface area contributed by atoms with Crippen molar-refractivity contribution in [3.05, 3.63) is 12.2 Å². The molecule has 0 bridgehead atoms. The van der Waals surface area contributed by atoms with Gasteiger partial charge in [0.2, 0.25) is 0 Å². The third-order valence-corrected chi connectivity index (χ3v) is 3.97. The highest BCUT2D eigenvalue weighted by Gasteiger charge is 2.22. The van der Waals surface area contributed by atoms with E-state index < -0.39 is 5.97 Å². The van der Waals surface area contributed by atoms with E-state index in [0.717, 1.165) is 51.3 Å². The number of rotatable bonds is 7. The summed E-state index contributed by atoms with van der Waals surface area (Å²) in [6.45, 7) is 8.10. The van der Waals surface area contributed by atoms with Gasteiger partial charge in [0, 0.05) is 19.5 Å². The molecule has 2 heterocycles. The van der Waals surface area contributed by atoms with Gasteiger partial charge in [-0.25, -0.2) is 9.67 Å². The molecule has 1 aromatic heterocycles. The molecule has 1 aliphatic rings. The van der Waals surface area contributed by atoms with Gasteiger partial charge in [0.15, 0.2) is 0 Å². The summed E-state index contributed by atoms with van der Waals surface area (Å²) in [6.07, 6.45) is 4.97. The number of aliphatic carboxylic acids is 1. The molecular weight excluding hydrogens is 268 g/mol. The highest BCUT2D eigenvalue weighted by molar-refractivity contribution is 5.66. The van der Waals surface area contributed by atoms with Gasteiger partial charge >= 0.3 is 5.97 Å². The molecule has 2 rings (SSSR count). The van der Waals surface area contributed by atoms with Crippen LogP contribution in [-0.4, -0.2) is 43.8 Å². The Bertz CT molecular complexity index is 458. The molecule has 1 N–H and O–H groups in total. The molecule has 1 saturated heterocycles. The smallest absolute Gasteiger partial charge is 0.303 e. The van der Waals surface area contributed by atoms with Crippen LogP contribution in [0.4, 0.5) is 0 Å². The minimum atomic E-state index is -0.691. The summed E-state index contributed by atoms with van der Waals surface area (Å²) in [5.74, 6) is 1.37. The van der Waals surface area contributed by atoms with Gasteiger partial charge < -0.3 is 5.11 Å². The fourth-order valence-electron chi connectivity index (χ4n) is 2.97. The second kappa shape index (κ2) is 7.54. The van der Waals surface area contributed by atoms with Gasteiger partial charge in [-0.3, -0.25) is 9.69 Å². The quantitative estimate of drug-likeness (QED) is 0.833. The molecule has 1 atom stereocenters. The monoisotopic (exact) mass is 294 g/mol. The van der Waals surface area contributed by atoms with E-state index in [2.05, 4.69) is 28.8 Å². The van der Waals surface area contributed by atoms with Gasteiger partial charge in [0.05, 0.1) is 6.54 Å². The highest BCUT2D eigenvalue weighted by Crippen LogP contribution is 2.22. The van der Waals surface area contributed by atoms with Gasteiger partial charge in [-0.05, 0) is 37.6 Å². The predicted octanol–water partition coefficient (Wildman–Crippen LogP) is 2.01. The molecule has 0 radical (unpaired) electrons. The molecule has 1 fully saturated rings. The van der Waals surface area contributed by atoms with E-state index in [-0.39, 0.29) is 6.42 Å². The third-order valence-electron chi connectivity index (χ3n) is 3.97. The normalized spacial score (nSPS) is 20.0. The van der Waals surface area contributed by atoms with Gasteiger partial charge in [-0.1, -0.05) is 13.8 Å². The van der Waals surface area contributed by atoms with Gasteiger partial charge in [-0.2, -0.15) is 5.10 Å². The van der Waals surface area contributed by atoms with Crippen molar-refractivity contribution in [2.45, 2.75) is 52.6 Å². The lowest BCUT2D eigenvalue weighted by atomic mass is 9.93. The zero-order valence-electron chi connectivity index (χ0n) is 13.0. The molecule has 0 aliphatic carbocycles. The number of nitrogens with zero attached hydrogens (tertiary/aromatic N) is 4. The molecular formula is C15H26N4O2. The van der Waals surface area contributed by atoms with Crippen LogP contribution in [0.3, 0.4) is 0 Å². The molecule has 0 spiro atoms. The van der Waals surface area contributed by atoms with Crippen molar-refractivity contribution in [2.24, 2.45) is 11.8 Å². The second-order valence-electron chi connectivity index (χ2n) is 6.43. The number of carboxylic acids is 1. The Morgan fingerprint density at radius 1 is 1.52 bits per heavy atom. The Balaban J connectivity index is 1.87. The van der Waals surface area contributed by atoms with E-state index in [4.69, 9.17) is 5.11 Å². The maximum Gasteiger partial charge on any atom is 0.303 e. The lowest BCUT2D eigenvalue weighted by Gasteiger charge is -2.32. The number of carboxylic acid groups (broad SMARTS) is 1. The summed E-state index contributed by atoms with van der Waals surface area (Å²) in [6, 6.07) is 0. The first kappa shape index (κ1) is 15.9. The molecule has 6 nitrogen and oxygen atoms in total. The molecule has 1 aromatic rings. The predicted molar refractivity (Wildman–Crippen MR) is 79.7 cm³/mol. The molecule has 21 heavy (non-hydrogen) atoms.